The normalized spacial score (nSPS) is 9.18. The average molecular weight is 150 g/mol. The molecule has 0 heterocycles. The number of nitriles is 1. The van der Waals surface area contributed by atoms with E-state index in [9.17, 15) is 9.50 Å². The van der Waals surface area contributed by atoms with E-state index in [-0.39, 0.29) is 5.56 Å². The van der Waals surface area contributed by atoms with E-state index < -0.39 is 12.4 Å². The highest BCUT2D eigenvalue weighted by Crippen LogP contribution is 2.08. The minimum absolute atomic E-state index is 0.0710. The molecule has 0 saturated heterocycles. The van der Waals surface area contributed by atoms with E-state index in [2.05, 4.69) is 0 Å². The van der Waals surface area contributed by atoms with Crippen molar-refractivity contribution in [1.29, 1.82) is 5.26 Å². The lowest BCUT2D eigenvalue weighted by Crippen LogP contribution is -1.87. The standard InChI is InChI=1S/C8H5FNO/c9-8-2-1-6(5-11)3-7(8)4-10/h1-3H,5H2. The molecule has 0 N–H and O–H groups in total. The van der Waals surface area contributed by atoms with Gasteiger partial charge in [-0.05, 0) is 17.7 Å². The summed E-state index contributed by atoms with van der Waals surface area (Å²) in [5.41, 5.74) is 0.362. The Morgan fingerprint density at radius 3 is 2.82 bits per heavy atom. The third-order valence-electron chi connectivity index (χ3n) is 1.32. The van der Waals surface area contributed by atoms with Gasteiger partial charge in [-0.1, -0.05) is 6.07 Å². The zero-order valence-electron chi connectivity index (χ0n) is 5.67. The van der Waals surface area contributed by atoms with E-state index >= 15 is 0 Å². The summed E-state index contributed by atoms with van der Waals surface area (Å²) in [6, 6.07) is 5.43. The van der Waals surface area contributed by atoms with Crippen LogP contribution >= 0.6 is 0 Å². The van der Waals surface area contributed by atoms with Gasteiger partial charge >= 0.3 is 0 Å². The van der Waals surface area contributed by atoms with Gasteiger partial charge in [-0.2, -0.15) is 5.26 Å². The fourth-order valence-electron chi connectivity index (χ4n) is 0.748. The van der Waals surface area contributed by atoms with Gasteiger partial charge in [0, 0.05) is 0 Å². The van der Waals surface area contributed by atoms with Crippen molar-refractivity contribution in [2.75, 3.05) is 0 Å². The predicted octanol–water partition coefficient (Wildman–Crippen LogP) is 1.63. The third-order valence-corrected chi connectivity index (χ3v) is 1.32. The molecule has 0 bridgehead atoms. The van der Waals surface area contributed by atoms with Crippen LogP contribution in [0.1, 0.15) is 11.1 Å². The second-order valence-corrected chi connectivity index (χ2v) is 2.07. The first-order valence-corrected chi connectivity index (χ1v) is 3.04. The molecule has 55 valence electrons. The molecule has 0 fully saturated rings. The molecule has 0 atom stereocenters. The SMILES string of the molecule is N#Cc1cc(C[O])ccc1F. The molecule has 1 aromatic rings. The van der Waals surface area contributed by atoms with Crippen molar-refractivity contribution in [3.05, 3.63) is 35.1 Å². The molecule has 0 amide bonds. The van der Waals surface area contributed by atoms with Crippen LogP contribution in [0, 0.1) is 17.1 Å². The van der Waals surface area contributed by atoms with Crippen molar-refractivity contribution in [2.24, 2.45) is 0 Å². The van der Waals surface area contributed by atoms with Gasteiger partial charge in [0.25, 0.3) is 0 Å². The Balaban J connectivity index is 3.15. The monoisotopic (exact) mass is 150 g/mol. The van der Waals surface area contributed by atoms with Crippen molar-refractivity contribution in [1.82, 2.24) is 0 Å². The van der Waals surface area contributed by atoms with Crippen LogP contribution in [0.25, 0.3) is 0 Å². The molecule has 3 heteroatoms. The number of hydrogen-bond donors (Lipinski definition) is 0. The molecular formula is C8H5FNO. The summed E-state index contributed by atoms with van der Waals surface area (Å²) in [6.45, 7) is -0.422. The summed E-state index contributed by atoms with van der Waals surface area (Å²) < 4.78 is 12.6. The van der Waals surface area contributed by atoms with Gasteiger partial charge in [-0.15, -0.1) is 0 Å². The second-order valence-electron chi connectivity index (χ2n) is 2.07. The minimum atomic E-state index is -0.579. The number of rotatable bonds is 1. The van der Waals surface area contributed by atoms with Crippen LogP contribution in [0.2, 0.25) is 0 Å². The molecular weight excluding hydrogens is 145 g/mol. The Bertz CT molecular complexity index is 303. The summed E-state index contributed by atoms with van der Waals surface area (Å²) >= 11 is 0. The van der Waals surface area contributed by atoms with Crippen molar-refractivity contribution in [2.45, 2.75) is 6.61 Å². The molecule has 0 aromatic heterocycles. The average Bonchev–Trinajstić information content (AvgIpc) is 2.05. The van der Waals surface area contributed by atoms with Crippen LogP contribution in [0.3, 0.4) is 0 Å². The van der Waals surface area contributed by atoms with Gasteiger partial charge in [0.05, 0.1) is 5.56 Å². The summed E-state index contributed by atoms with van der Waals surface area (Å²) in [6.07, 6.45) is 0. The number of nitrogens with zero attached hydrogens (tertiary/aromatic N) is 1. The predicted molar refractivity (Wildman–Crippen MR) is 35.5 cm³/mol. The highest BCUT2D eigenvalue weighted by Gasteiger charge is 2.01. The number of halogens is 1. The van der Waals surface area contributed by atoms with Crippen LogP contribution in [0.4, 0.5) is 4.39 Å². The molecule has 0 spiro atoms. The van der Waals surface area contributed by atoms with Crippen molar-refractivity contribution in [3.8, 4) is 6.07 Å². The lowest BCUT2D eigenvalue weighted by atomic mass is 10.1. The summed E-state index contributed by atoms with van der Waals surface area (Å²) in [7, 11) is 0. The molecule has 0 saturated carbocycles. The van der Waals surface area contributed by atoms with Crippen LogP contribution in [-0.2, 0) is 11.7 Å². The zero-order chi connectivity index (χ0) is 8.27. The van der Waals surface area contributed by atoms with Gasteiger partial charge in [0.1, 0.15) is 18.5 Å². The maximum atomic E-state index is 12.6. The summed E-state index contributed by atoms with van der Waals surface area (Å²) in [4.78, 5) is 0. The van der Waals surface area contributed by atoms with E-state index in [0.717, 1.165) is 6.07 Å². The summed E-state index contributed by atoms with van der Waals surface area (Å²) in [5.74, 6) is -0.579. The maximum absolute atomic E-state index is 12.6. The first-order chi connectivity index (χ1) is 5.27. The van der Waals surface area contributed by atoms with E-state index in [1.54, 1.807) is 6.07 Å². The Morgan fingerprint density at radius 1 is 1.55 bits per heavy atom. The highest BCUT2D eigenvalue weighted by molar-refractivity contribution is 5.33. The van der Waals surface area contributed by atoms with Crippen LogP contribution in [0.5, 0.6) is 0 Å². The molecule has 0 aliphatic heterocycles. The molecule has 1 aromatic carbocycles. The maximum Gasteiger partial charge on any atom is 0.140 e. The smallest absolute Gasteiger partial charge is 0.140 e. The van der Waals surface area contributed by atoms with E-state index in [4.69, 9.17) is 5.26 Å². The number of hydrogen-bond acceptors (Lipinski definition) is 1. The van der Waals surface area contributed by atoms with Crippen molar-refractivity contribution >= 4 is 0 Å². The topological polar surface area (TPSA) is 43.7 Å². The van der Waals surface area contributed by atoms with Crippen LogP contribution < -0.4 is 0 Å². The Morgan fingerprint density at radius 2 is 2.27 bits per heavy atom. The second kappa shape index (κ2) is 3.13. The highest BCUT2D eigenvalue weighted by atomic mass is 19.1. The largest absolute Gasteiger partial charge is 0.232 e. The van der Waals surface area contributed by atoms with Gasteiger partial charge in [-0.25, -0.2) is 9.50 Å². The van der Waals surface area contributed by atoms with E-state index in [1.165, 1.54) is 12.1 Å². The Hall–Kier alpha value is -1.40. The van der Waals surface area contributed by atoms with Crippen molar-refractivity contribution < 1.29 is 9.50 Å². The summed E-state index contributed by atoms with van der Waals surface area (Å²) in [5, 5.41) is 18.6. The van der Waals surface area contributed by atoms with Crippen LogP contribution in [-0.4, -0.2) is 0 Å². The lowest BCUT2D eigenvalue weighted by Gasteiger charge is -1.95. The number of benzene rings is 1. The first-order valence-electron chi connectivity index (χ1n) is 3.04. The fourth-order valence-corrected chi connectivity index (χ4v) is 0.748. The molecule has 0 unspecified atom stereocenters. The molecule has 1 radical (unpaired) electrons. The third kappa shape index (κ3) is 1.54. The molecule has 1 rings (SSSR count). The van der Waals surface area contributed by atoms with E-state index in [0.29, 0.717) is 5.56 Å². The molecule has 0 aliphatic rings. The Kier molecular flexibility index (Phi) is 2.19. The van der Waals surface area contributed by atoms with Crippen molar-refractivity contribution in [3.63, 3.8) is 0 Å². The van der Waals surface area contributed by atoms with Gasteiger partial charge in [0.2, 0.25) is 0 Å². The van der Waals surface area contributed by atoms with Gasteiger partial charge in [0.15, 0.2) is 0 Å². The Labute approximate surface area is 63.5 Å². The molecule has 2 nitrogen and oxygen atoms in total. The first kappa shape index (κ1) is 7.70. The quantitative estimate of drug-likeness (QED) is 0.599. The molecule has 0 aliphatic carbocycles. The van der Waals surface area contributed by atoms with Gasteiger partial charge < -0.3 is 0 Å². The minimum Gasteiger partial charge on any atom is -0.232 e. The lowest BCUT2D eigenvalue weighted by molar-refractivity contribution is 0.177. The van der Waals surface area contributed by atoms with Gasteiger partial charge in [-0.3, -0.25) is 0 Å². The zero-order valence-corrected chi connectivity index (χ0v) is 5.67. The van der Waals surface area contributed by atoms with E-state index in [1.807, 2.05) is 0 Å². The fraction of sp³-hybridized carbons (Fsp3) is 0.125. The molecule has 11 heavy (non-hydrogen) atoms. The van der Waals surface area contributed by atoms with Crippen LogP contribution in [0.15, 0.2) is 18.2 Å².